The summed E-state index contributed by atoms with van der Waals surface area (Å²) in [5, 5.41) is 14.1. The SMILES string of the molecule is CC1(NC(=O)NCc2ccc(C(=O)O)o2)CCOC1. The minimum absolute atomic E-state index is 0.135. The highest BCUT2D eigenvalue weighted by Gasteiger charge is 2.31. The van der Waals surface area contributed by atoms with Gasteiger partial charge in [0.1, 0.15) is 5.76 Å². The summed E-state index contributed by atoms with van der Waals surface area (Å²) in [6.07, 6.45) is 0.768. The molecule has 1 atom stereocenters. The average Bonchev–Trinajstić information content (AvgIpc) is 2.95. The molecule has 0 aliphatic carbocycles. The number of rotatable bonds is 4. The van der Waals surface area contributed by atoms with Crippen LogP contribution < -0.4 is 10.6 Å². The van der Waals surface area contributed by atoms with Crippen molar-refractivity contribution in [3.63, 3.8) is 0 Å². The second kappa shape index (κ2) is 5.31. The first-order valence-corrected chi connectivity index (χ1v) is 5.94. The predicted molar refractivity (Wildman–Crippen MR) is 64.9 cm³/mol. The summed E-state index contributed by atoms with van der Waals surface area (Å²) in [5.74, 6) is -0.889. The van der Waals surface area contributed by atoms with Crippen molar-refractivity contribution >= 4 is 12.0 Å². The van der Waals surface area contributed by atoms with E-state index in [-0.39, 0.29) is 23.9 Å². The van der Waals surface area contributed by atoms with Crippen LogP contribution in [-0.2, 0) is 11.3 Å². The summed E-state index contributed by atoms with van der Waals surface area (Å²) in [7, 11) is 0. The van der Waals surface area contributed by atoms with E-state index in [1.54, 1.807) is 0 Å². The second-order valence-corrected chi connectivity index (χ2v) is 4.74. The highest BCUT2D eigenvalue weighted by molar-refractivity contribution is 5.84. The Morgan fingerprint density at radius 3 is 2.84 bits per heavy atom. The third kappa shape index (κ3) is 3.47. The van der Waals surface area contributed by atoms with Crippen molar-refractivity contribution in [1.82, 2.24) is 10.6 Å². The number of amides is 2. The van der Waals surface area contributed by atoms with Gasteiger partial charge in [-0.3, -0.25) is 0 Å². The van der Waals surface area contributed by atoms with Crippen LogP contribution in [0.5, 0.6) is 0 Å². The van der Waals surface area contributed by atoms with Gasteiger partial charge in [-0.15, -0.1) is 0 Å². The van der Waals surface area contributed by atoms with Crippen molar-refractivity contribution in [1.29, 1.82) is 0 Å². The fourth-order valence-corrected chi connectivity index (χ4v) is 1.84. The number of hydrogen-bond acceptors (Lipinski definition) is 4. The first-order chi connectivity index (χ1) is 8.98. The molecule has 1 saturated heterocycles. The van der Waals surface area contributed by atoms with Gasteiger partial charge >= 0.3 is 12.0 Å². The molecule has 7 nitrogen and oxygen atoms in total. The first kappa shape index (κ1) is 13.4. The monoisotopic (exact) mass is 268 g/mol. The Morgan fingerprint density at radius 2 is 2.26 bits per heavy atom. The molecule has 104 valence electrons. The predicted octanol–water partition coefficient (Wildman–Crippen LogP) is 0.956. The topological polar surface area (TPSA) is 101 Å². The molecule has 0 spiro atoms. The largest absolute Gasteiger partial charge is 0.475 e. The van der Waals surface area contributed by atoms with Crippen LogP contribution in [0.1, 0.15) is 29.7 Å². The molecule has 3 N–H and O–H groups in total. The zero-order chi connectivity index (χ0) is 13.9. The van der Waals surface area contributed by atoms with E-state index in [4.69, 9.17) is 14.3 Å². The summed E-state index contributed by atoms with van der Waals surface area (Å²) < 4.78 is 10.3. The highest BCUT2D eigenvalue weighted by Crippen LogP contribution is 2.17. The molecule has 0 saturated carbocycles. The molecular formula is C12H16N2O5. The Labute approximate surface area is 109 Å². The second-order valence-electron chi connectivity index (χ2n) is 4.74. The van der Waals surface area contributed by atoms with Gasteiger partial charge in [0.15, 0.2) is 0 Å². The quantitative estimate of drug-likeness (QED) is 0.755. The number of ether oxygens (including phenoxy) is 1. The van der Waals surface area contributed by atoms with Crippen molar-refractivity contribution in [2.45, 2.75) is 25.4 Å². The number of hydrogen-bond donors (Lipinski definition) is 3. The van der Waals surface area contributed by atoms with Gasteiger partial charge in [0, 0.05) is 6.61 Å². The van der Waals surface area contributed by atoms with Crippen LogP contribution in [0.25, 0.3) is 0 Å². The van der Waals surface area contributed by atoms with E-state index in [1.807, 2.05) is 6.92 Å². The number of carbonyl (C=O) groups excluding carboxylic acids is 1. The maximum Gasteiger partial charge on any atom is 0.371 e. The van der Waals surface area contributed by atoms with Gasteiger partial charge in [0.25, 0.3) is 0 Å². The molecule has 1 aromatic heterocycles. The molecule has 1 fully saturated rings. The Kier molecular flexibility index (Phi) is 3.75. The lowest BCUT2D eigenvalue weighted by Gasteiger charge is -2.23. The molecule has 0 radical (unpaired) electrons. The lowest BCUT2D eigenvalue weighted by Crippen LogP contribution is -2.50. The molecule has 7 heteroatoms. The number of carboxylic acids is 1. The Morgan fingerprint density at radius 1 is 1.47 bits per heavy atom. The summed E-state index contributed by atoms with van der Waals surface area (Å²) >= 11 is 0. The maximum atomic E-state index is 11.7. The molecule has 1 aliphatic heterocycles. The van der Waals surface area contributed by atoms with Gasteiger partial charge in [-0.2, -0.15) is 0 Å². The van der Waals surface area contributed by atoms with Crippen molar-refractivity contribution in [2.75, 3.05) is 13.2 Å². The number of nitrogens with one attached hydrogen (secondary N) is 2. The fraction of sp³-hybridized carbons (Fsp3) is 0.500. The van der Waals surface area contributed by atoms with Gasteiger partial charge in [0.2, 0.25) is 5.76 Å². The number of carboxylic acid groups (broad SMARTS) is 1. The smallest absolute Gasteiger partial charge is 0.371 e. The number of furan rings is 1. The molecule has 2 amide bonds. The van der Waals surface area contributed by atoms with Crippen LogP contribution in [-0.4, -0.2) is 35.9 Å². The van der Waals surface area contributed by atoms with Gasteiger partial charge in [-0.1, -0.05) is 0 Å². The van der Waals surface area contributed by atoms with Crippen LogP contribution in [0.3, 0.4) is 0 Å². The lowest BCUT2D eigenvalue weighted by atomic mass is 10.0. The zero-order valence-electron chi connectivity index (χ0n) is 10.6. The van der Waals surface area contributed by atoms with Gasteiger partial charge in [-0.25, -0.2) is 9.59 Å². The number of urea groups is 1. The average molecular weight is 268 g/mol. The van der Waals surface area contributed by atoms with E-state index in [2.05, 4.69) is 10.6 Å². The summed E-state index contributed by atoms with van der Waals surface area (Å²) in [6.45, 7) is 3.17. The minimum Gasteiger partial charge on any atom is -0.475 e. The maximum absolute atomic E-state index is 11.7. The molecule has 0 bridgehead atoms. The van der Waals surface area contributed by atoms with Crippen molar-refractivity contribution in [3.8, 4) is 0 Å². The van der Waals surface area contributed by atoms with Crippen LogP contribution >= 0.6 is 0 Å². The lowest BCUT2D eigenvalue weighted by molar-refractivity contribution is 0.0660. The van der Waals surface area contributed by atoms with Crippen molar-refractivity contribution in [3.05, 3.63) is 23.7 Å². The Hall–Kier alpha value is -2.02. The minimum atomic E-state index is -1.13. The summed E-state index contributed by atoms with van der Waals surface area (Å²) in [4.78, 5) is 22.3. The van der Waals surface area contributed by atoms with Crippen LogP contribution in [0.2, 0.25) is 0 Å². The molecule has 19 heavy (non-hydrogen) atoms. The van der Waals surface area contributed by atoms with E-state index in [1.165, 1.54) is 12.1 Å². The van der Waals surface area contributed by atoms with Gasteiger partial charge in [0.05, 0.1) is 18.7 Å². The first-order valence-electron chi connectivity index (χ1n) is 5.94. The van der Waals surface area contributed by atoms with E-state index < -0.39 is 5.97 Å². The van der Waals surface area contributed by atoms with E-state index in [0.717, 1.165) is 6.42 Å². The number of aromatic carboxylic acids is 1. The van der Waals surface area contributed by atoms with E-state index in [9.17, 15) is 9.59 Å². The van der Waals surface area contributed by atoms with Gasteiger partial charge in [-0.05, 0) is 25.5 Å². The normalized spacial score (nSPS) is 22.2. The number of carbonyl (C=O) groups is 2. The highest BCUT2D eigenvalue weighted by atomic mass is 16.5. The van der Waals surface area contributed by atoms with Crippen LogP contribution in [0.4, 0.5) is 4.79 Å². The summed E-state index contributed by atoms with van der Waals surface area (Å²) in [5.41, 5.74) is -0.348. The summed E-state index contributed by atoms with van der Waals surface area (Å²) in [6, 6.07) is 2.54. The molecule has 1 unspecified atom stereocenters. The molecule has 1 aliphatic rings. The fourth-order valence-electron chi connectivity index (χ4n) is 1.84. The van der Waals surface area contributed by atoms with Crippen LogP contribution in [0, 0.1) is 0 Å². The molecule has 2 heterocycles. The standard InChI is InChI=1S/C12H16N2O5/c1-12(4-5-18-7-12)14-11(17)13-6-8-2-3-9(19-8)10(15)16/h2-3H,4-7H2,1H3,(H,15,16)(H2,13,14,17). The zero-order valence-corrected chi connectivity index (χ0v) is 10.6. The van der Waals surface area contributed by atoms with E-state index in [0.29, 0.717) is 19.0 Å². The Balaban J connectivity index is 1.81. The Bertz CT molecular complexity index is 476. The molecule has 2 rings (SSSR count). The van der Waals surface area contributed by atoms with E-state index >= 15 is 0 Å². The molecule has 0 aromatic carbocycles. The molecule has 1 aromatic rings. The third-order valence-electron chi connectivity index (χ3n) is 2.93. The van der Waals surface area contributed by atoms with Crippen LogP contribution in [0.15, 0.2) is 16.5 Å². The van der Waals surface area contributed by atoms with Gasteiger partial charge < -0.3 is 24.9 Å². The van der Waals surface area contributed by atoms with Crippen molar-refractivity contribution in [2.24, 2.45) is 0 Å². The van der Waals surface area contributed by atoms with Crippen molar-refractivity contribution < 1.29 is 23.8 Å². The third-order valence-corrected chi connectivity index (χ3v) is 2.93. The molecular weight excluding hydrogens is 252 g/mol.